The SMILES string of the molecule is N#CCCN(C(=O)c1ccc(Cl)c(N)c1)c1ccccc1. The van der Waals surface area contributed by atoms with Crippen LogP contribution < -0.4 is 10.6 Å². The number of para-hydroxylation sites is 1. The first-order chi connectivity index (χ1) is 10.1. The fourth-order valence-electron chi connectivity index (χ4n) is 1.95. The molecule has 0 saturated heterocycles. The molecule has 0 spiro atoms. The fraction of sp³-hybridized carbons (Fsp3) is 0.125. The lowest BCUT2D eigenvalue weighted by atomic mass is 10.1. The molecule has 1 amide bonds. The van der Waals surface area contributed by atoms with Crippen LogP contribution in [0.3, 0.4) is 0 Å². The summed E-state index contributed by atoms with van der Waals surface area (Å²) in [4.78, 5) is 14.2. The molecular formula is C16H14ClN3O. The van der Waals surface area contributed by atoms with E-state index in [4.69, 9.17) is 22.6 Å². The van der Waals surface area contributed by atoms with Crippen molar-refractivity contribution in [1.82, 2.24) is 0 Å². The molecule has 0 aliphatic carbocycles. The second-order valence-electron chi connectivity index (χ2n) is 4.44. The Hall–Kier alpha value is -2.51. The second kappa shape index (κ2) is 6.78. The quantitative estimate of drug-likeness (QED) is 0.879. The number of rotatable bonds is 4. The Morgan fingerprint density at radius 2 is 1.95 bits per heavy atom. The molecule has 21 heavy (non-hydrogen) atoms. The lowest BCUT2D eigenvalue weighted by Crippen LogP contribution is -2.31. The van der Waals surface area contributed by atoms with Gasteiger partial charge in [0, 0.05) is 17.8 Å². The number of nitrogens with two attached hydrogens (primary N) is 1. The molecule has 2 aromatic carbocycles. The monoisotopic (exact) mass is 299 g/mol. The van der Waals surface area contributed by atoms with Crippen LogP contribution in [-0.4, -0.2) is 12.5 Å². The van der Waals surface area contributed by atoms with Crippen LogP contribution in [0.15, 0.2) is 48.5 Å². The highest BCUT2D eigenvalue weighted by molar-refractivity contribution is 6.33. The third kappa shape index (κ3) is 3.53. The van der Waals surface area contributed by atoms with Crippen LogP contribution in [0.4, 0.5) is 11.4 Å². The molecule has 4 nitrogen and oxygen atoms in total. The summed E-state index contributed by atoms with van der Waals surface area (Å²) in [5.41, 5.74) is 7.28. The molecule has 2 rings (SSSR count). The predicted octanol–water partition coefficient (Wildman–Crippen LogP) is 3.48. The van der Waals surface area contributed by atoms with E-state index >= 15 is 0 Å². The molecule has 0 heterocycles. The van der Waals surface area contributed by atoms with Gasteiger partial charge in [0.1, 0.15) is 0 Å². The van der Waals surface area contributed by atoms with Crippen LogP contribution in [0.5, 0.6) is 0 Å². The van der Waals surface area contributed by atoms with E-state index in [1.54, 1.807) is 23.1 Å². The zero-order chi connectivity index (χ0) is 15.2. The Kier molecular flexibility index (Phi) is 4.81. The summed E-state index contributed by atoms with van der Waals surface area (Å²) in [6, 6.07) is 16.0. The zero-order valence-electron chi connectivity index (χ0n) is 11.3. The Labute approximate surface area is 128 Å². The van der Waals surface area contributed by atoms with Gasteiger partial charge in [-0.05, 0) is 30.3 Å². The van der Waals surface area contributed by atoms with Crippen molar-refractivity contribution in [2.45, 2.75) is 6.42 Å². The first-order valence-electron chi connectivity index (χ1n) is 6.42. The van der Waals surface area contributed by atoms with Gasteiger partial charge in [0.2, 0.25) is 0 Å². The predicted molar refractivity (Wildman–Crippen MR) is 84.2 cm³/mol. The maximum absolute atomic E-state index is 12.6. The molecule has 0 bridgehead atoms. The molecule has 0 atom stereocenters. The van der Waals surface area contributed by atoms with Gasteiger partial charge >= 0.3 is 0 Å². The van der Waals surface area contributed by atoms with E-state index in [1.165, 1.54) is 0 Å². The standard InChI is InChI=1S/C16H14ClN3O/c17-14-8-7-12(11-15(14)19)16(21)20(10-4-9-18)13-5-2-1-3-6-13/h1-3,5-8,11H,4,10,19H2. The number of halogens is 1. The van der Waals surface area contributed by atoms with Crippen LogP contribution in [0.1, 0.15) is 16.8 Å². The van der Waals surface area contributed by atoms with E-state index in [-0.39, 0.29) is 12.3 Å². The molecule has 106 valence electrons. The zero-order valence-corrected chi connectivity index (χ0v) is 12.0. The van der Waals surface area contributed by atoms with Crippen LogP contribution in [-0.2, 0) is 0 Å². The van der Waals surface area contributed by atoms with Crippen molar-refractivity contribution in [3.63, 3.8) is 0 Å². The Balaban J connectivity index is 2.34. The average Bonchev–Trinajstić information content (AvgIpc) is 2.51. The molecule has 0 radical (unpaired) electrons. The van der Waals surface area contributed by atoms with E-state index < -0.39 is 0 Å². The Bertz CT molecular complexity index is 680. The number of carbonyl (C=O) groups excluding carboxylic acids is 1. The highest BCUT2D eigenvalue weighted by Crippen LogP contribution is 2.22. The van der Waals surface area contributed by atoms with E-state index in [9.17, 15) is 4.79 Å². The highest BCUT2D eigenvalue weighted by Gasteiger charge is 2.18. The van der Waals surface area contributed by atoms with Gasteiger partial charge in [-0.2, -0.15) is 5.26 Å². The molecule has 0 unspecified atom stereocenters. The number of carbonyl (C=O) groups is 1. The van der Waals surface area contributed by atoms with Crippen molar-refractivity contribution in [1.29, 1.82) is 5.26 Å². The van der Waals surface area contributed by atoms with E-state index in [0.717, 1.165) is 5.69 Å². The largest absolute Gasteiger partial charge is 0.398 e. The summed E-state index contributed by atoms with van der Waals surface area (Å²) in [5, 5.41) is 9.18. The summed E-state index contributed by atoms with van der Waals surface area (Å²) < 4.78 is 0. The summed E-state index contributed by atoms with van der Waals surface area (Å²) in [5.74, 6) is -0.209. The van der Waals surface area contributed by atoms with Gasteiger partial charge in [-0.25, -0.2) is 0 Å². The molecule has 2 aromatic rings. The smallest absolute Gasteiger partial charge is 0.258 e. The molecule has 0 aliphatic rings. The molecule has 0 fully saturated rings. The molecule has 0 aliphatic heterocycles. The number of hydrogen-bond acceptors (Lipinski definition) is 3. The van der Waals surface area contributed by atoms with Crippen LogP contribution in [0.2, 0.25) is 5.02 Å². The number of anilines is 2. The number of amides is 1. The van der Waals surface area contributed by atoms with Gasteiger partial charge in [-0.1, -0.05) is 29.8 Å². The minimum atomic E-state index is -0.209. The van der Waals surface area contributed by atoms with Gasteiger partial charge in [0.15, 0.2) is 0 Å². The molecule has 5 heteroatoms. The van der Waals surface area contributed by atoms with Crippen molar-refractivity contribution < 1.29 is 4.79 Å². The van der Waals surface area contributed by atoms with Crippen molar-refractivity contribution in [2.75, 3.05) is 17.2 Å². The number of nitriles is 1. The molecule has 2 N–H and O–H groups in total. The number of hydrogen-bond donors (Lipinski definition) is 1. The highest BCUT2D eigenvalue weighted by atomic mass is 35.5. The number of benzene rings is 2. The first-order valence-corrected chi connectivity index (χ1v) is 6.80. The summed E-state index contributed by atoms with van der Waals surface area (Å²) in [6.07, 6.45) is 0.254. The number of nitrogen functional groups attached to an aromatic ring is 1. The molecular weight excluding hydrogens is 286 g/mol. The van der Waals surface area contributed by atoms with E-state index in [0.29, 0.717) is 22.8 Å². The summed E-state index contributed by atoms with van der Waals surface area (Å²) >= 11 is 5.87. The minimum absolute atomic E-state index is 0.209. The number of nitrogens with zero attached hydrogens (tertiary/aromatic N) is 2. The van der Waals surface area contributed by atoms with Gasteiger partial charge in [-0.3, -0.25) is 4.79 Å². The van der Waals surface area contributed by atoms with Crippen LogP contribution in [0.25, 0.3) is 0 Å². The van der Waals surface area contributed by atoms with E-state index in [2.05, 4.69) is 6.07 Å². The fourth-order valence-corrected chi connectivity index (χ4v) is 2.07. The third-order valence-corrected chi connectivity index (χ3v) is 3.35. The average molecular weight is 300 g/mol. The van der Waals surface area contributed by atoms with E-state index in [1.807, 2.05) is 30.3 Å². The maximum Gasteiger partial charge on any atom is 0.258 e. The third-order valence-electron chi connectivity index (χ3n) is 3.00. The van der Waals surface area contributed by atoms with Crippen LogP contribution >= 0.6 is 11.6 Å². The Morgan fingerprint density at radius 1 is 1.24 bits per heavy atom. The summed E-state index contributed by atoms with van der Waals surface area (Å²) in [7, 11) is 0. The maximum atomic E-state index is 12.6. The van der Waals surface area contributed by atoms with Gasteiger partial charge in [-0.15, -0.1) is 0 Å². The second-order valence-corrected chi connectivity index (χ2v) is 4.84. The van der Waals surface area contributed by atoms with Crippen molar-refractivity contribution >= 4 is 28.9 Å². The van der Waals surface area contributed by atoms with Gasteiger partial charge in [0.05, 0.1) is 23.2 Å². The lowest BCUT2D eigenvalue weighted by Gasteiger charge is -2.22. The van der Waals surface area contributed by atoms with Gasteiger partial charge in [0.25, 0.3) is 5.91 Å². The molecule has 0 saturated carbocycles. The van der Waals surface area contributed by atoms with Crippen molar-refractivity contribution in [3.8, 4) is 6.07 Å². The first kappa shape index (κ1) is 14.9. The van der Waals surface area contributed by atoms with Crippen LogP contribution in [0, 0.1) is 11.3 Å². The molecule has 0 aromatic heterocycles. The summed E-state index contributed by atoms with van der Waals surface area (Å²) in [6.45, 7) is 0.321. The van der Waals surface area contributed by atoms with Crippen molar-refractivity contribution in [2.24, 2.45) is 0 Å². The topological polar surface area (TPSA) is 70.1 Å². The lowest BCUT2D eigenvalue weighted by molar-refractivity contribution is 0.0987. The normalized spacial score (nSPS) is 9.90. The Morgan fingerprint density at radius 3 is 2.57 bits per heavy atom. The van der Waals surface area contributed by atoms with Gasteiger partial charge < -0.3 is 10.6 Å². The minimum Gasteiger partial charge on any atom is -0.398 e. The van der Waals surface area contributed by atoms with Crippen molar-refractivity contribution in [3.05, 3.63) is 59.1 Å².